The number of carbonyl (C=O) groups is 1. The molecule has 0 aliphatic carbocycles. The molecular formula is C19H23N3O. The van der Waals surface area contributed by atoms with Crippen LogP contribution in [0.1, 0.15) is 18.9 Å². The van der Waals surface area contributed by atoms with Crippen LogP contribution in [0, 0.1) is 0 Å². The highest BCUT2D eigenvalue weighted by molar-refractivity contribution is 5.94. The first-order valence-corrected chi connectivity index (χ1v) is 8.23. The van der Waals surface area contributed by atoms with Crippen LogP contribution < -0.4 is 15.5 Å². The SMILES string of the molecule is CCc1cccc(NC(=O)CN2CCCNc3ccccc32)c1. The van der Waals surface area contributed by atoms with E-state index in [-0.39, 0.29) is 5.91 Å². The number of rotatable bonds is 4. The van der Waals surface area contributed by atoms with Gasteiger partial charge in [-0.2, -0.15) is 0 Å². The Labute approximate surface area is 137 Å². The molecule has 0 fully saturated rings. The third-order valence-electron chi connectivity index (χ3n) is 4.12. The van der Waals surface area contributed by atoms with Crippen LogP contribution in [0.2, 0.25) is 0 Å². The van der Waals surface area contributed by atoms with Crippen LogP contribution in [0.3, 0.4) is 0 Å². The quantitative estimate of drug-likeness (QED) is 0.908. The molecule has 120 valence electrons. The molecule has 1 aliphatic heterocycles. The normalized spacial score (nSPS) is 13.7. The van der Waals surface area contributed by atoms with Gasteiger partial charge in [0.2, 0.25) is 5.91 Å². The number of para-hydroxylation sites is 2. The van der Waals surface area contributed by atoms with Gasteiger partial charge in [0.1, 0.15) is 0 Å². The van der Waals surface area contributed by atoms with Crippen molar-refractivity contribution in [3.8, 4) is 0 Å². The lowest BCUT2D eigenvalue weighted by Crippen LogP contribution is -2.33. The molecule has 3 rings (SSSR count). The van der Waals surface area contributed by atoms with Crippen LogP contribution in [0.5, 0.6) is 0 Å². The molecule has 0 saturated carbocycles. The van der Waals surface area contributed by atoms with Crippen LogP contribution in [0.4, 0.5) is 17.1 Å². The molecule has 0 atom stereocenters. The van der Waals surface area contributed by atoms with E-state index >= 15 is 0 Å². The monoisotopic (exact) mass is 309 g/mol. The molecule has 0 spiro atoms. The molecule has 2 aromatic rings. The van der Waals surface area contributed by atoms with Gasteiger partial charge < -0.3 is 15.5 Å². The molecule has 0 saturated heterocycles. The van der Waals surface area contributed by atoms with Gasteiger partial charge in [-0.05, 0) is 42.7 Å². The van der Waals surface area contributed by atoms with Gasteiger partial charge in [0.15, 0.2) is 0 Å². The Morgan fingerprint density at radius 1 is 1.22 bits per heavy atom. The van der Waals surface area contributed by atoms with Crippen molar-refractivity contribution < 1.29 is 4.79 Å². The second-order valence-corrected chi connectivity index (χ2v) is 5.82. The van der Waals surface area contributed by atoms with Crippen LogP contribution >= 0.6 is 0 Å². The standard InChI is InChI=1S/C19H23N3O/c1-2-15-7-5-8-16(13-15)21-19(23)14-22-12-6-11-20-17-9-3-4-10-18(17)22/h3-5,7-10,13,20H,2,6,11-12,14H2,1H3,(H,21,23). The van der Waals surface area contributed by atoms with E-state index in [0.29, 0.717) is 6.54 Å². The second kappa shape index (κ2) is 7.18. The summed E-state index contributed by atoms with van der Waals surface area (Å²) in [7, 11) is 0. The average Bonchev–Trinajstić information content (AvgIpc) is 2.77. The summed E-state index contributed by atoms with van der Waals surface area (Å²) in [5, 5.41) is 6.43. The maximum atomic E-state index is 12.4. The van der Waals surface area contributed by atoms with Gasteiger partial charge in [-0.3, -0.25) is 4.79 Å². The molecule has 0 aromatic heterocycles. The largest absolute Gasteiger partial charge is 0.383 e. The molecule has 1 amide bonds. The highest BCUT2D eigenvalue weighted by Gasteiger charge is 2.17. The highest BCUT2D eigenvalue weighted by atomic mass is 16.2. The lowest BCUT2D eigenvalue weighted by molar-refractivity contribution is -0.115. The minimum Gasteiger partial charge on any atom is -0.383 e. The molecule has 2 aromatic carbocycles. The van der Waals surface area contributed by atoms with Crippen molar-refractivity contribution >= 4 is 23.0 Å². The van der Waals surface area contributed by atoms with E-state index < -0.39 is 0 Å². The topological polar surface area (TPSA) is 44.4 Å². The number of nitrogens with zero attached hydrogens (tertiary/aromatic N) is 1. The van der Waals surface area contributed by atoms with E-state index in [1.807, 2.05) is 30.3 Å². The first-order chi connectivity index (χ1) is 11.3. The first kappa shape index (κ1) is 15.4. The number of anilines is 3. The van der Waals surface area contributed by atoms with Gasteiger partial charge in [-0.1, -0.05) is 31.2 Å². The average molecular weight is 309 g/mol. The van der Waals surface area contributed by atoms with Crippen LogP contribution in [-0.2, 0) is 11.2 Å². The molecule has 23 heavy (non-hydrogen) atoms. The number of hydrogen-bond donors (Lipinski definition) is 2. The lowest BCUT2D eigenvalue weighted by Gasteiger charge is -2.23. The summed E-state index contributed by atoms with van der Waals surface area (Å²) in [6.07, 6.45) is 1.99. The van der Waals surface area contributed by atoms with Gasteiger partial charge in [0.05, 0.1) is 17.9 Å². The Hall–Kier alpha value is -2.49. The van der Waals surface area contributed by atoms with Crippen molar-refractivity contribution in [1.29, 1.82) is 0 Å². The Morgan fingerprint density at radius 3 is 2.96 bits per heavy atom. The molecule has 4 heteroatoms. The highest BCUT2D eigenvalue weighted by Crippen LogP contribution is 2.27. The fourth-order valence-corrected chi connectivity index (χ4v) is 2.92. The van der Waals surface area contributed by atoms with E-state index in [9.17, 15) is 4.79 Å². The number of carbonyl (C=O) groups excluding carboxylic acids is 1. The lowest BCUT2D eigenvalue weighted by atomic mass is 10.1. The molecule has 1 heterocycles. The smallest absolute Gasteiger partial charge is 0.243 e. The molecule has 4 nitrogen and oxygen atoms in total. The Morgan fingerprint density at radius 2 is 2.09 bits per heavy atom. The first-order valence-electron chi connectivity index (χ1n) is 8.23. The minimum atomic E-state index is 0.0231. The Bertz CT molecular complexity index is 684. The molecule has 0 radical (unpaired) electrons. The summed E-state index contributed by atoms with van der Waals surface area (Å²) in [6.45, 7) is 4.30. The fourth-order valence-electron chi connectivity index (χ4n) is 2.92. The van der Waals surface area contributed by atoms with Crippen LogP contribution in [-0.4, -0.2) is 25.5 Å². The third-order valence-corrected chi connectivity index (χ3v) is 4.12. The summed E-state index contributed by atoms with van der Waals surface area (Å²) in [6, 6.07) is 16.2. The second-order valence-electron chi connectivity index (χ2n) is 5.82. The molecule has 0 bridgehead atoms. The summed E-state index contributed by atoms with van der Waals surface area (Å²) in [4.78, 5) is 14.6. The molecule has 0 unspecified atom stereocenters. The van der Waals surface area contributed by atoms with E-state index in [4.69, 9.17) is 0 Å². The van der Waals surface area contributed by atoms with Gasteiger partial charge in [0.25, 0.3) is 0 Å². The van der Waals surface area contributed by atoms with Crippen molar-refractivity contribution in [2.24, 2.45) is 0 Å². The Kier molecular flexibility index (Phi) is 4.81. The van der Waals surface area contributed by atoms with Crippen LogP contribution in [0.15, 0.2) is 48.5 Å². The van der Waals surface area contributed by atoms with Gasteiger partial charge in [-0.15, -0.1) is 0 Å². The minimum absolute atomic E-state index is 0.0231. The summed E-state index contributed by atoms with van der Waals surface area (Å²) >= 11 is 0. The number of hydrogen-bond acceptors (Lipinski definition) is 3. The van der Waals surface area contributed by atoms with E-state index in [2.05, 4.69) is 40.7 Å². The Balaban J connectivity index is 1.70. The molecular weight excluding hydrogens is 286 g/mol. The summed E-state index contributed by atoms with van der Waals surface area (Å²) in [5.41, 5.74) is 4.30. The maximum Gasteiger partial charge on any atom is 0.243 e. The van der Waals surface area contributed by atoms with Crippen molar-refractivity contribution in [2.75, 3.05) is 35.2 Å². The zero-order valence-electron chi connectivity index (χ0n) is 13.5. The van der Waals surface area contributed by atoms with Crippen molar-refractivity contribution in [3.63, 3.8) is 0 Å². The number of benzene rings is 2. The van der Waals surface area contributed by atoms with Gasteiger partial charge in [0, 0.05) is 18.8 Å². The van der Waals surface area contributed by atoms with E-state index in [1.165, 1.54) is 5.56 Å². The number of nitrogens with one attached hydrogen (secondary N) is 2. The van der Waals surface area contributed by atoms with Gasteiger partial charge >= 0.3 is 0 Å². The van der Waals surface area contributed by atoms with Crippen LogP contribution in [0.25, 0.3) is 0 Å². The predicted octanol–water partition coefficient (Wildman–Crippen LogP) is 3.51. The molecule has 2 N–H and O–H groups in total. The van der Waals surface area contributed by atoms with Crippen molar-refractivity contribution in [1.82, 2.24) is 0 Å². The van der Waals surface area contributed by atoms with Crippen molar-refractivity contribution in [2.45, 2.75) is 19.8 Å². The summed E-state index contributed by atoms with van der Waals surface area (Å²) < 4.78 is 0. The third kappa shape index (κ3) is 3.83. The summed E-state index contributed by atoms with van der Waals surface area (Å²) in [5.74, 6) is 0.0231. The van der Waals surface area contributed by atoms with E-state index in [1.54, 1.807) is 0 Å². The molecule has 1 aliphatic rings. The number of amides is 1. The fraction of sp³-hybridized carbons (Fsp3) is 0.316. The maximum absolute atomic E-state index is 12.4. The van der Waals surface area contributed by atoms with E-state index in [0.717, 1.165) is 43.0 Å². The number of fused-ring (bicyclic) bond motifs is 1. The zero-order valence-corrected chi connectivity index (χ0v) is 13.5. The zero-order chi connectivity index (χ0) is 16.1. The van der Waals surface area contributed by atoms with Gasteiger partial charge in [-0.25, -0.2) is 0 Å². The van der Waals surface area contributed by atoms with Crippen molar-refractivity contribution in [3.05, 3.63) is 54.1 Å². The number of aryl methyl sites for hydroxylation is 1. The predicted molar refractivity (Wildman–Crippen MR) is 96.2 cm³/mol.